The molecule has 3 nitrogen and oxygen atoms in total. The van der Waals surface area contributed by atoms with Crippen LogP contribution in [-0.4, -0.2) is 19.8 Å². The van der Waals surface area contributed by atoms with Crippen LogP contribution in [0.1, 0.15) is 0 Å². The fourth-order valence-electron chi connectivity index (χ4n) is 0.329. The molecule has 0 aliphatic rings. The van der Waals surface area contributed by atoms with Gasteiger partial charge in [0.25, 0.3) is 0 Å². The van der Waals surface area contributed by atoms with E-state index in [1.54, 1.807) is 0 Å². The maximum atomic E-state index is 12.1. The van der Waals surface area contributed by atoms with Gasteiger partial charge in [-0.25, -0.2) is 0 Å². The zero-order valence-electron chi connectivity index (χ0n) is 6.36. The first-order valence-electron chi connectivity index (χ1n) is 2.80. The first kappa shape index (κ1) is 14.0. The van der Waals surface area contributed by atoms with E-state index in [9.17, 15) is 38.6 Å². The Hall–Kier alpha value is -1.00. The van der Waals surface area contributed by atoms with Gasteiger partial charge in [-0.15, -0.1) is 0 Å². The van der Waals surface area contributed by atoms with Gasteiger partial charge < -0.3 is 4.74 Å². The Bertz CT molecular complexity index is 354. The van der Waals surface area contributed by atoms with Crippen molar-refractivity contribution >= 4 is 10.2 Å². The second-order valence-electron chi connectivity index (χ2n) is 2.00. The minimum absolute atomic E-state index is 1.13. The van der Waals surface area contributed by atoms with Gasteiger partial charge in [0.15, 0.2) is 6.26 Å². The second kappa shape index (κ2) is 3.87. The third kappa shape index (κ3) is 2.97. The van der Waals surface area contributed by atoms with Crippen molar-refractivity contribution in [2.45, 2.75) is 11.4 Å². The molecule has 0 spiro atoms. The fourth-order valence-corrected chi connectivity index (χ4v) is 0.661. The number of ether oxygens (including phenoxy) is 1. The van der Waals surface area contributed by atoms with Crippen molar-refractivity contribution in [3.8, 4) is 0 Å². The highest BCUT2D eigenvalue weighted by molar-refractivity contribution is 7.87. The lowest BCUT2D eigenvalue weighted by molar-refractivity contribution is -0.295. The minimum atomic E-state index is -6.99. The molecule has 0 fully saturated rings. The third-order valence-corrected chi connectivity index (χ3v) is 1.79. The van der Waals surface area contributed by atoms with Gasteiger partial charge in [0.1, 0.15) is 0 Å². The molecule has 0 amide bonds. The van der Waals surface area contributed by atoms with Gasteiger partial charge in [-0.3, -0.25) is 0 Å². The summed E-state index contributed by atoms with van der Waals surface area (Å²) in [6, 6.07) is 0. The Labute approximate surface area is 78.3 Å². The van der Waals surface area contributed by atoms with E-state index in [0.29, 0.717) is 0 Å². The lowest BCUT2D eigenvalue weighted by Gasteiger charge is -2.20. The molecule has 11 heteroatoms. The van der Waals surface area contributed by atoms with E-state index in [1.165, 1.54) is 0 Å². The van der Waals surface area contributed by atoms with Crippen molar-refractivity contribution in [3.05, 3.63) is 12.3 Å². The highest BCUT2D eigenvalue weighted by Crippen LogP contribution is 2.40. The van der Waals surface area contributed by atoms with Crippen LogP contribution in [0.4, 0.5) is 30.2 Å². The number of rotatable bonds is 4. The van der Waals surface area contributed by atoms with E-state index in [4.69, 9.17) is 0 Å². The van der Waals surface area contributed by atoms with Gasteiger partial charge >= 0.3 is 27.7 Å². The summed E-state index contributed by atoms with van der Waals surface area (Å²) in [5, 5.41) is -6.26. The maximum absolute atomic E-state index is 12.1. The standard InChI is InChI=1S/C4HF7O3S/c5-2(6)1-14-3(7,8)4(9,10)15(11,12)13/h1H. The smallest absolute Gasteiger partial charge is 0.429 e. The van der Waals surface area contributed by atoms with E-state index >= 15 is 0 Å². The SMILES string of the molecule is O=S(=O)(F)C(F)(F)C(F)(F)OC=C(F)F. The summed E-state index contributed by atoms with van der Waals surface area (Å²) < 4.78 is 104. The van der Waals surface area contributed by atoms with E-state index in [-0.39, 0.29) is 0 Å². The lowest BCUT2D eigenvalue weighted by atomic mass is 10.6. The molecule has 0 N–H and O–H groups in total. The van der Waals surface area contributed by atoms with Crippen LogP contribution in [0.3, 0.4) is 0 Å². The van der Waals surface area contributed by atoms with Crippen molar-refractivity contribution in [1.29, 1.82) is 0 Å². The lowest BCUT2D eigenvalue weighted by Crippen LogP contribution is -2.46. The van der Waals surface area contributed by atoms with Crippen molar-refractivity contribution in [2.75, 3.05) is 0 Å². The molecule has 0 atom stereocenters. The molecule has 0 saturated heterocycles. The van der Waals surface area contributed by atoms with E-state index in [1.807, 2.05) is 0 Å². The zero-order chi connectivity index (χ0) is 12.5. The molecule has 0 aliphatic heterocycles. The van der Waals surface area contributed by atoms with E-state index in [2.05, 4.69) is 4.74 Å². The zero-order valence-corrected chi connectivity index (χ0v) is 7.17. The van der Waals surface area contributed by atoms with Gasteiger partial charge in [-0.05, 0) is 0 Å². The molecule has 0 aromatic heterocycles. The molecular weight excluding hydrogens is 261 g/mol. The van der Waals surface area contributed by atoms with Crippen LogP contribution in [0.25, 0.3) is 0 Å². The van der Waals surface area contributed by atoms with E-state index < -0.39 is 33.9 Å². The average Bonchev–Trinajstić information content (AvgIpc) is 1.98. The van der Waals surface area contributed by atoms with Gasteiger partial charge in [-0.2, -0.15) is 34.8 Å². The van der Waals surface area contributed by atoms with Crippen molar-refractivity contribution in [2.24, 2.45) is 0 Å². The second-order valence-corrected chi connectivity index (χ2v) is 3.39. The maximum Gasteiger partial charge on any atom is 0.483 e. The van der Waals surface area contributed by atoms with Crippen molar-refractivity contribution < 1.29 is 43.4 Å². The molecule has 0 radical (unpaired) electrons. The van der Waals surface area contributed by atoms with Crippen LogP contribution in [0.5, 0.6) is 0 Å². The summed E-state index contributed by atoms with van der Waals surface area (Å²) in [6.45, 7) is 0. The molecule has 90 valence electrons. The topological polar surface area (TPSA) is 43.4 Å². The van der Waals surface area contributed by atoms with Gasteiger partial charge in [0.2, 0.25) is 0 Å². The van der Waals surface area contributed by atoms with Crippen LogP contribution in [-0.2, 0) is 15.0 Å². The molecule has 0 saturated carbocycles. The van der Waals surface area contributed by atoms with E-state index in [0.717, 1.165) is 0 Å². The van der Waals surface area contributed by atoms with Crippen LogP contribution >= 0.6 is 0 Å². The molecule has 0 unspecified atom stereocenters. The molecule has 0 bridgehead atoms. The molecule has 0 heterocycles. The van der Waals surface area contributed by atoms with Crippen LogP contribution in [0.15, 0.2) is 12.3 Å². The Kier molecular flexibility index (Phi) is 3.61. The van der Waals surface area contributed by atoms with Crippen LogP contribution < -0.4 is 0 Å². The fraction of sp³-hybridized carbons (Fsp3) is 0.500. The molecular formula is C4HF7O3S. The number of halogens is 7. The van der Waals surface area contributed by atoms with Crippen LogP contribution in [0, 0.1) is 0 Å². The van der Waals surface area contributed by atoms with Gasteiger partial charge in [0, 0.05) is 0 Å². The molecule has 0 aliphatic carbocycles. The summed E-state index contributed by atoms with van der Waals surface area (Å²) in [4.78, 5) is 0. The molecule has 15 heavy (non-hydrogen) atoms. The Balaban J connectivity index is 5.12. The predicted molar refractivity (Wildman–Crippen MR) is 31.3 cm³/mol. The Morgan fingerprint density at radius 2 is 1.53 bits per heavy atom. The summed E-state index contributed by atoms with van der Waals surface area (Å²) in [6.07, 6.45) is -10.00. The van der Waals surface area contributed by atoms with Gasteiger partial charge in [-0.1, -0.05) is 3.89 Å². The van der Waals surface area contributed by atoms with Crippen molar-refractivity contribution in [3.63, 3.8) is 0 Å². The first-order chi connectivity index (χ1) is 6.42. The van der Waals surface area contributed by atoms with Crippen LogP contribution in [0.2, 0.25) is 0 Å². The molecule has 0 aromatic rings. The number of alkyl halides is 4. The summed E-state index contributed by atoms with van der Waals surface area (Å²) in [5.74, 6) is 0. The Morgan fingerprint density at radius 1 is 1.13 bits per heavy atom. The Morgan fingerprint density at radius 3 is 1.80 bits per heavy atom. The summed E-state index contributed by atoms with van der Waals surface area (Å²) >= 11 is 0. The first-order valence-corrected chi connectivity index (χ1v) is 4.19. The third-order valence-electron chi connectivity index (χ3n) is 0.941. The highest BCUT2D eigenvalue weighted by atomic mass is 32.3. The molecule has 0 aromatic carbocycles. The number of hydrogen-bond donors (Lipinski definition) is 0. The minimum Gasteiger partial charge on any atom is -0.429 e. The van der Waals surface area contributed by atoms with Crippen molar-refractivity contribution in [1.82, 2.24) is 0 Å². The van der Waals surface area contributed by atoms with Gasteiger partial charge in [0.05, 0.1) is 0 Å². The quantitative estimate of drug-likeness (QED) is 0.443. The largest absolute Gasteiger partial charge is 0.483 e. The highest BCUT2D eigenvalue weighted by Gasteiger charge is 2.69. The summed E-state index contributed by atoms with van der Waals surface area (Å²) in [7, 11) is -6.99. The average molecular weight is 262 g/mol. The monoisotopic (exact) mass is 262 g/mol. The molecule has 0 rings (SSSR count). The number of hydrogen-bond acceptors (Lipinski definition) is 3. The predicted octanol–water partition coefficient (Wildman–Crippen LogP) is 2.23. The normalized spacial score (nSPS) is 13.5. The summed E-state index contributed by atoms with van der Waals surface area (Å²) in [5.41, 5.74) is 0.